The molecule has 0 heterocycles. The number of anilines is 1. The Morgan fingerprint density at radius 1 is 1.37 bits per heavy atom. The van der Waals surface area contributed by atoms with Crippen molar-refractivity contribution in [3.05, 3.63) is 24.3 Å². The van der Waals surface area contributed by atoms with E-state index in [4.69, 9.17) is 5.11 Å². The molecule has 5 heteroatoms. The van der Waals surface area contributed by atoms with Crippen LogP contribution in [0, 0.1) is 5.92 Å². The zero-order valence-electron chi connectivity index (χ0n) is 11.6. The van der Waals surface area contributed by atoms with Crippen molar-refractivity contribution in [1.29, 1.82) is 0 Å². The lowest BCUT2D eigenvalue weighted by molar-refractivity contribution is 0.203. The zero-order valence-corrected chi connectivity index (χ0v) is 12.4. The van der Waals surface area contributed by atoms with Gasteiger partial charge in [-0.3, -0.25) is 4.90 Å². The van der Waals surface area contributed by atoms with Crippen molar-refractivity contribution in [1.82, 2.24) is 0 Å². The molecule has 1 unspecified atom stereocenters. The first kappa shape index (κ1) is 15.9. The molecule has 19 heavy (non-hydrogen) atoms. The minimum atomic E-state index is -1.17. The van der Waals surface area contributed by atoms with Gasteiger partial charge in [-0.05, 0) is 36.2 Å². The minimum Gasteiger partial charge on any atom is -0.611 e. The van der Waals surface area contributed by atoms with E-state index in [-0.39, 0.29) is 0 Å². The molecule has 1 aromatic rings. The van der Waals surface area contributed by atoms with Crippen LogP contribution in [0.4, 0.5) is 10.5 Å². The van der Waals surface area contributed by atoms with Gasteiger partial charge in [0.15, 0.2) is 4.90 Å². The highest BCUT2D eigenvalue weighted by Crippen LogP contribution is 2.27. The number of benzene rings is 1. The monoisotopic (exact) mass is 283 g/mol. The van der Waals surface area contributed by atoms with E-state index < -0.39 is 17.3 Å². The maximum atomic E-state index is 12.4. The highest BCUT2D eigenvalue weighted by molar-refractivity contribution is 7.91. The molecule has 0 bridgehead atoms. The molecule has 0 radical (unpaired) electrons. The Balaban J connectivity index is 2.96. The largest absolute Gasteiger partial charge is 0.611 e. The summed E-state index contributed by atoms with van der Waals surface area (Å²) in [6, 6.07) is 6.98. The standard InChI is InChI=1S/C14H21NO3S/c1-4-11(5-2)10-19(18)13-9-7-6-8-12(13)15(3)14(16)17/h6-9,11H,4-5,10H2,1-3H3,(H,16,17). The lowest BCUT2D eigenvalue weighted by Gasteiger charge is -2.21. The molecule has 0 aliphatic rings. The molecule has 0 saturated heterocycles. The fraction of sp³-hybridized carbons (Fsp3) is 0.500. The van der Waals surface area contributed by atoms with Gasteiger partial charge in [0.2, 0.25) is 0 Å². The van der Waals surface area contributed by atoms with Gasteiger partial charge < -0.3 is 9.66 Å². The molecule has 1 amide bonds. The molecule has 0 spiro atoms. The molecule has 0 saturated carbocycles. The van der Waals surface area contributed by atoms with Crippen LogP contribution in [0.5, 0.6) is 0 Å². The normalized spacial score (nSPS) is 12.5. The predicted molar refractivity (Wildman–Crippen MR) is 78.2 cm³/mol. The number of rotatable bonds is 6. The topological polar surface area (TPSA) is 63.6 Å². The predicted octanol–water partition coefficient (Wildman–Crippen LogP) is 3.34. The van der Waals surface area contributed by atoms with Crippen molar-refractivity contribution < 1.29 is 14.5 Å². The van der Waals surface area contributed by atoms with E-state index in [1.165, 1.54) is 7.05 Å². The van der Waals surface area contributed by atoms with Crippen LogP contribution in [0.1, 0.15) is 26.7 Å². The van der Waals surface area contributed by atoms with Crippen LogP contribution < -0.4 is 4.90 Å². The number of hydrogen-bond acceptors (Lipinski definition) is 2. The van der Waals surface area contributed by atoms with E-state index in [2.05, 4.69) is 13.8 Å². The first-order valence-corrected chi connectivity index (χ1v) is 7.77. The third-order valence-corrected chi connectivity index (χ3v) is 4.91. The molecular weight excluding hydrogens is 262 g/mol. The Labute approximate surface area is 117 Å². The summed E-state index contributed by atoms with van der Waals surface area (Å²) in [6.07, 6.45) is 0.921. The summed E-state index contributed by atoms with van der Waals surface area (Å²) in [5.74, 6) is 0.987. The maximum absolute atomic E-state index is 12.4. The third kappa shape index (κ3) is 4.14. The van der Waals surface area contributed by atoms with Gasteiger partial charge in [0, 0.05) is 13.0 Å². The Hall–Kier alpha value is -1.20. The molecule has 1 atom stereocenters. The number of carboxylic acid groups (broad SMARTS) is 1. The van der Waals surface area contributed by atoms with E-state index in [0.717, 1.165) is 17.7 Å². The summed E-state index contributed by atoms with van der Waals surface area (Å²) in [7, 11) is 1.47. The second-order valence-corrected chi connectivity index (χ2v) is 5.97. The van der Waals surface area contributed by atoms with Gasteiger partial charge in [0.1, 0.15) is 11.4 Å². The Kier molecular flexibility index (Phi) is 6.18. The summed E-state index contributed by atoms with van der Waals surface area (Å²) in [4.78, 5) is 12.7. The fourth-order valence-electron chi connectivity index (χ4n) is 1.86. The van der Waals surface area contributed by atoms with Gasteiger partial charge in [0.25, 0.3) is 0 Å². The molecule has 1 aromatic carbocycles. The van der Waals surface area contributed by atoms with Crippen LogP contribution >= 0.6 is 0 Å². The minimum absolute atomic E-state index is 0.407. The second-order valence-electron chi connectivity index (χ2n) is 4.50. The SMILES string of the molecule is CCC(CC)C[S+]([O-])c1ccccc1N(C)C(=O)O. The number of nitrogens with zero attached hydrogens (tertiary/aromatic N) is 1. The van der Waals surface area contributed by atoms with E-state index in [0.29, 0.717) is 22.3 Å². The molecule has 0 aliphatic heterocycles. The lowest BCUT2D eigenvalue weighted by Crippen LogP contribution is -2.26. The van der Waals surface area contributed by atoms with Gasteiger partial charge in [-0.25, -0.2) is 4.79 Å². The summed E-state index contributed by atoms with van der Waals surface area (Å²) in [6.45, 7) is 4.17. The molecule has 0 aromatic heterocycles. The van der Waals surface area contributed by atoms with Crippen LogP contribution in [0.25, 0.3) is 0 Å². The third-order valence-electron chi connectivity index (χ3n) is 3.30. The molecule has 1 N–H and O–H groups in total. The van der Waals surface area contributed by atoms with Crippen LogP contribution in [-0.2, 0) is 11.2 Å². The van der Waals surface area contributed by atoms with Gasteiger partial charge in [-0.2, -0.15) is 0 Å². The Morgan fingerprint density at radius 2 is 1.95 bits per heavy atom. The van der Waals surface area contributed by atoms with Crippen molar-refractivity contribution in [2.75, 3.05) is 17.7 Å². The molecule has 1 rings (SSSR count). The van der Waals surface area contributed by atoms with Crippen LogP contribution in [0.3, 0.4) is 0 Å². The van der Waals surface area contributed by atoms with E-state index in [1.807, 2.05) is 0 Å². The molecule has 0 fully saturated rings. The van der Waals surface area contributed by atoms with Crippen molar-refractivity contribution in [2.24, 2.45) is 5.92 Å². The van der Waals surface area contributed by atoms with Gasteiger partial charge in [0.05, 0.1) is 0 Å². The van der Waals surface area contributed by atoms with Gasteiger partial charge in [-0.15, -0.1) is 0 Å². The van der Waals surface area contributed by atoms with Crippen LogP contribution in [-0.4, -0.2) is 28.6 Å². The zero-order chi connectivity index (χ0) is 14.4. The molecule has 106 valence electrons. The number of hydrogen-bond donors (Lipinski definition) is 1. The molecule has 0 aliphatic carbocycles. The smallest absolute Gasteiger partial charge is 0.411 e. The highest BCUT2D eigenvalue weighted by Gasteiger charge is 2.23. The van der Waals surface area contributed by atoms with E-state index in [9.17, 15) is 9.35 Å². The van der Waals surface area contributed by atoms with E-state index >= 15 is 0 Å². The first-order valence-electron chi connectivity index (χ1n) is 6.45. The fourth-order valence-corrected chi connectivity index (χ4v) is 3.61. The number of amides is 1. The average molecular weight is 283 g/mol. The number of carbonyl (C=O) groups is 1. The molecule has 4 nitrogen and oxygen atoms in total. The van der Waals surface area contributed by atoms with E-state index in [1.54, 1.807) is 24.3 Å². The van der Waals surface area contributed by atoms with Crippen molar-refractivity contribution in [2.45, 2.75) is 31.6 Å². The Bertz CT molecular complexity index is 421. The summed E-state index contributed by atoms with van der Waals surface area (Å²) in [5, 5.41) is 9.04. The quantitative estimate of drug-likeness (QED) is 0.814. The second kappa shape index (κ2) is 7.40. The average Bonchev–Trinajstić information content (AvgIpc) is 2.43. The molecular formula is C14H21NO3S. The van der Waals surface area contributed by atoms with Crippen molar-refractivity contribution >= 4 is 23.0 Å². The summed E-state index contributed by atoms with van der Waals surface area (Å²) >= 11 is -1.17. The first-order chi connectivity index (χ1) is 9.01. The van der Waals surface area contributed by atoms with Crippen molar-refractivity contribution in [3.8, 4) is 0 Å². The highest BCUT2D eigenvalue weighted by atomic mass is 32.2. The van der Waals surface area contributed by atoms with Crippen molar-refractivity contribution in [3.63, 3.8) is 0 Å². The summed E-state index contributed by atoms with van der Waals surface area (Å²) in [5.41, 5.74) is 0.499. The van der Waals surface area contributed by atoms with Crippen LogP contribution in [0.2, 0.25) is 0 Å². The maximum Gasteiger partial charge on any atom is 0.411 e. The van der Waals surface area contributed by atoms with Gasteiger partial charge >= 0.3 is 6.09 Å². The Morgan fingerprint density at radius 3 is 2.47 bits per heavy atom. The van der Waals surface area contributed by atoms with Crippen LogP contribution in [0.15, 0.2) is 29.2 Å². The summed E-state index contributed by atoms with van der Waals surface area (Å²) < 4.78 is 12.4. The lowest BCUT2D eigenvalue weighted by atomic mass is 10.1. The number of para-hydroxylation sites is 1. The van der Waals surface area contributed by atoms with Gasteiger partial charge in [-0.1, -0.05) is 26.0 Å².